The van der Waals surface area contributed by atoms with Gasteiger partial charge in [0.1, 0.15) is 0 Å². The fourth-order valence-electron chi connectivity index (χ4n) is 4.27. The molecule has 0 unspecified atom stereocenters. The van der Waals surface area contributed by atoms with Crippen LogP contribution in [0.5, 0.6) is 0 Å². The Kier molecular flexibility index (Phi) is 6.05. The van der Waals surface area contributed by atoms with Crippen LogP contribution < -0.4 is 5.32 Å². The zero-order chi connectivity index (χ0) is 17.6. The molecule has 1 aliphatic carbocycles. The summed E-state index contributed by atoms with van der Waals surface area (Å²) in [6, 6.07) is 5.75. The van der Waals surface area contributed by atoms with Gasteiger partial charge in [-0.25, -0.2) is 0 Å². The van der Waals surface area contributed by atoms with Gasteiger partial charge in [0.25, 0.3) is 0 Å². The fraction of sp³-hybridized carbons (Fsp3) is 0.650. The van der Waals surface area contributed by atoms with Crippen molar-refractivity contribution in [2.24, 2.45) is 11.8 Å². The van der Waals surface area contributed by atoms with Crippen LogP contribution in [0.25, 0.3) is 0 Å². The van der Waals surface area contributed by atoms with Crippen molar-refractivity contribution >= 4 is 11.8 Å². The second-order valence-corrected chi connectivity index (χ2v) is 7.43. The van der Waals surface area contributed by atoms with Crippen molar-refractivity contribution in [3.63, 3.8) is 0 Å². The van der Waals surface area contributed by atoms with Crippen molar-refractivity contribution in [2.75, 3.05) is 13.1 Å². The predicted octanol–water partition coefficient (Wildman–Crippen LogP) is 3.08. The molecule has 1 aromatic heterocycles. The van der Waals surface area contributed by atoms with E-state index in [0.29, 0.717) is 11.8 Å². The van der Waals surface area contributed by atoms with E-state index in [2.05, 4.69) is 15.2 Å². The van der Waals surface area contributed by atoms with Gasteiger partial charge in [0, 0.05) is 32.1 Å². The average molecular weight is 343 g/mol. The van der Waals surface area contributed by atoms with Crippen LogP contribution in [0.4, 0.5) is 0 Å². The number of rotatable bonds is 4. The van der Waals surface area contributed by atoms with Gasteiger partial charge in [-0.1, -0.05) is 25.3 Å². The number of piperidine rings is 1. The van der Waals surface area contributed by atoms with Crippen molar-refractivity contribution < 1.29 is 9.59 Å². The molecule has 2 fully saturated rings. The number of amides is 2. The van der Waals surface area contributed by atoms with Gasteiger partial charge >= 0.3 is 0 Å². The summed E-state index contributed by atoms with van der Waals surface area (Å²) < 4.78 is 0. The van der Waals surface area contributed by atoms with Gasteiger partial charge in [0.2, 0.25) is 11.8 Å². The number of pyridine rings is 1. The summed E-state index contributed by atoms with van der Waals surface area (Å²) >= 11 is 0. The van der Waals surface area contributed by atoms with Gasteiger partial charge in [0.15, 0.2) is 0 Å². The Bertz CT molecular complexity index is 576. The fourth-order valence-corrected chi connectivity index (χ4v) is 4.27. The minimum Gasteiger partial charge on any atom is -0.348 e. The smallest absolute Gasteiger partial charge is 0.225 e. The third-order valence-corrected chi connectivity index (χ3v) is 5.64. The number of hydrogen-bond donors (Lipinski definition) is 1. The molecular formula is C20H29N3O2. The lowest BCUT2D eigenvalue weighted by Crippen LogP contribution is -2.45. The second-order valence-electron chi connectivity index (χ2n) is 7.43. The molecule has 1 saturated carbocycles. The van der Waals surface area contributed by atoms with Crippen molar-refractivity contribution in [1.29, 1.82) is 0 Å². The molecule has 0 radical (unpaired) electrons. The van der Waals surface area contributed by atoms with Crippen LogP contribution in [0.15, 0.2) is 24.4 Å². The maximum atomic E-state index is 12.7. The SMILES string of the molecule is CC(=O)N[C@@H](c1ccccn1)C1CCN(C(=O)C2CCCCC2)CC1. The Morgan fingerprint density at radius 1 is 1.12 bits per heavy atom. The summed E-state index contributed by atoms with van der Waals surface area (Å²) in [5.41, 5.74) is 0.912. The average Bonchev–Trinajstić information content (AvgIpc) is 2.67. The van der Waals surface area contributed by atoms with Crippen LogP contribution in [-0.4, -0.2) is 34.8 Å². The van der Waals surface area contributed by atoms with Gasteiger partial charge in [-0.15, -0.1) is 0 Å². The van der Waals surface area contributed by atoms with E-state index in [1.54, 1.807) is 13.1 Å². The van der Waals surface area contributed by atoms with Crippen molar-refractivity contribution in [2.45, 2.75) is 57.9 Å². The molecule has 1 saturated heterocycles. The molecule has 1 aromatic rings. The van der Waals surface area contributed by atoms with E-state index >= 15 is 0 Å². The summed E-state index contributed by atoms with van der Waals surface area (Å²) in [6.07, 6.45) is 9.37. The van der Waals surface area contributed by atoms with E-state index in [0.717, 1.165) is 44.5 Å². The number of carbonyl (C=O) groups excluding carboxylic acids is 2. The Hall–Kier alpha value is -1.91. The number of nitrogens with one attached hydrogen (secondary N) is 1. The topological polar surface area (TPSA) is 62.3 Å². The van der Waals surface area contributed by atoms with Crippen LogP contribution in [0, 0.1) is 11.8 Å². The zero-order valence-corrected chi connectivity index (χ0v) is 15.1. The van der Waals surface area contributed by atoms with Gasteiger partial charge in [-0.2, -0.15) is 0 Å². The summed E-state index contributed by atoms with van der Waals surface area (Å²) in [6.45, 7) is 3.14. The van der Waals surface area contributed by atoms with E-state index in [4.69, 9.17) is 0 Å². The molecule has 0 spiro atoms. The van der Waals surface area contributed by atoms with E-state index in [1.165, 1.54) is 19.3 Å². The molecule has 1 aliphatic heterocycles. The monoisotopic (exact) mass is 343 g/mol. The quantitative estimate of drug-likeness (QED) is 0.914. The third kappa shape index (κ3) is 4.59. The third-order valence-electron chi connectivity index (χ3n) is 5.64. The highest BCUT2D eigenvalue weighted by Crippen LogP contribution is 2.32. The van der Waals surface area contributed by atoms with Crippen LogP contribution in [0.3, 0.4) is 0 Å². The summed E-state index contributed by atoms with van der Waals surface area (Å²) in [5, 5.41) is 3.07. The predicted molar refractivity (Wildman–Crippen MR) is 96.7 cm³/mol. The normalized spacial score (nSPS) is 20.9. The highest BCUT2D eigenvalue weighted by molar-refractivity contribution is 5.79. The largest absolute Gasteiger partial charge is 0.348 e. The molecule has 136 valence electrons. The van der Waals surface area contributed by atoms with Crippen LogP contribution in [-0.2, 0) is 9.59 Å². The first-order valence-electron chi connectivity index (χ1n) is 9.62. The van der Waals surface area contributed by atoms with Gasteiger partial charge in [0.05, 0.1) is 11.7 Å². The standard InChI is InChI=1S/C20H29N3O2/c1-15(24)22-19(18-9-5-6-12-21-18)16-10-13-23(14-11-16)20(25)17-7-3-2-4-8-17/h5-6,9,12,16-17,19H,2-4,7-8,10-11,13-14H2,1H3,(H,22,24)/t19-/m1/s1. The summed E-state index contributed by atoms with van der Waals surface area (Å²) in [7, 11) is 0. The second kappa shape index (κ2) is 8.45. The number of carbonyl (C=O) groups is 2. The van der Waals surface area contributed by atoms with Crippen molar-refractivity contribution in [1.82, 2.24) is 15.2 Å². The van der Waals surface area contributed by atoms with Crippen LogP contribution in [0.1, 0.15) is 63.6 Å². The lowest BCUT2D eigenvalue weighted by Gasteiger charge is -2.38. The molecule has 5 heteroatoms. The van der Waals surface area contributed by atoms with Gasteiger partial charge in [-0.3, -0.25) is 14.6 Å². The Labute approximate surface area is 150 Å². The molecule has 2 amide bonds. The molecule has 25 heavy (non-hydrogen) atoms. The maximum Gasteiger partial charge on any atom is 0.225 e. The minimum absolute atomic E-state index is 0.0311. The van der Waals surface area contributed by atoms with Gasteiger partial charge < -0.3 is 10.2 Å². The maximum absolute atomic E-state index is 12.7. The van der Waals surface area contributed by atoms with E-state index in [1.807, 2.05) is 18.2 Å². The molecular weight excluding hydrogens is 314 g/mol. The number of nitrogens with zero attached hydrogens (tertiary/aromatic N) is 2. The number of hydrogen-bond acceptors (Lipinski definition) is 3. The Balaban J connectivity index is 1.61. The highest BCUT2D eigenvalue weighted by Gasteiger charge is 2.33. The zero-order valence-electron chi connectivity index (χ0n) is 15.1. The molecule has 3 rings (SSSR count). The molecule has 5 nitrogen and oxygen atoms in total. The first kappa shape index (κ1) is 17.9. The van der Waals surface area contributed by atoms with Crippen LogP contribution >= 0.6 is 0 Å². The van der Waals surface area contributed by atoms with Gasteiger partial charge in [-0.05, 0) is 43.7 Å². The molecule has 0 aromatic carbocycles. The first-order valence-corrected chi connectivity index (χ1v) is 9.62. The van der Waals surface area contributed by atoms with E-state index < -0.39 is 0 Å². The molecule has 1 atom stereocenters. The number of aromatic nitrogens is 1. The molecule has 0 bridgehead atoms. The number of likely N-dealkylation sites (tertiary alicyclic amines) is 1. The summed E-state index contributed by atoms with van der Waals surface area (Å²) in [5.74, 6) is 0.893. The lowest BCUT2D eigenvalue weighted by molar-refractivity contribution is -0.138. The highest BCUT2D eigenvalue weighted by atomic mass is 16.2. The van der Waals surface area contributed by atoms with E-state index in [9.17, 15) is 9.59 Å². The first-order chi connectivity index (χ1) is 12.1. The minimum atomic E-state index is -0.0642. The molecule has 2 heterocycles. The lowest BCUT2D eigenvalue weighted by atomic mass is 9.85. The van der Waals surface area contributed by atoms with Crippen molar-refractivity contribution in [3.8, 4) is 0 Å². The Morgan fingerprint density at radius 2 is 1.84 bits per heavy atom. The van der Waals surface area contributed by atoms with Crippen molar-refractivity contribution in [3.05, 3.63) is 30.1 Å². The van der Waals surface area contributed by atoms with Crippen LogP contribution in [0.2, 0.25) is 0 Å². The summed E-state index contributed by atoms with van der Waals surface area (Å²) in [4.78, 5) is 30.9. The molecule has 1 N–H and O–H groups in total. The van der Waals surface area contributed by atoms with E-state index in [-0.39, 0.29) is 17.9 Å². The Morgan fingerprint density at radius 3 is 2.44 bits per heavy atom. The molecule has 2 aliphatic rings.